The molecule has 2 fully saturated rings. The Bertz CT molecular complexity index is 4170. The van der Waals surface area contributed by atoms with Crippen molar-refractivity contribution in [2.75, 3.05) is 4.90 Å². The first-order valence-corrected chi connectivity index (χ1v) is 30.3. The van der Waals surface area contributed by atoms with Gasteiger partial charge in [-0.05, 0) is 171 Å². The van der Waals surface area contributed by atoms with E-state index < -0.39 is 10.8 Å². The first-order chi connectivity index (χ1) is 38.7. The lowest BCUT2D eigenvalue weighted by Gasteiger charge is -2.41. The standard InChI is InChI=1S/C74H57NOS2/c1-3-18-46(19-4-1)48-34-38-53-54-39-35-49(47-20-5-2-6-21-47)43-62(54)74(61(53)42-48)58-25-10-13-29-66(58)76-67-41-37-51(45-64(67)74)75(65-28-17-33-71-72(65)56-23-8-14-30-68(56)77-71)50-36-40-55-52-22-7-9-24-57(52)73(63(55)44-50)59-26-11-15-31-69(59)78-70-32-16-12-27-60(70)73/h7-17,22-47H,1-6,18-21H2. The maximum absolute atomic E-state index is 7.27. The predicted octanol–water partition coefficient (Wildman–Crippen LogP) is 20.9. The smallest absolute Gasteiger partial charge is 0.132 e. The van der Waals surface area contributed by atoms with Gasteiger partial charge in [-0.1, -0.05) is 196 Å². The van der Waals surface area contributed by atoms with Crippen molar-refractivity contribution in [2.24, 2.45) is 0 Å². The first kappa shape index (κ1) is 45.4. The van der Waals surface area contributed by atoms with Gasteiger partial charge < -0.3 is 9.64 Å². The average molecular weight is 1040 g/mol. The molecule has 0 radical (unpaired) electrons. The molecule has 1 aromatic heterocycles. The van der Waals surface area contributed by atoms with Crippen LogP contribution in [0.15, 0.2) is 222 Å². The molecule has 11 aromatic rings. The third kappa shape index (κ3) is 6.33. The van der Waals surface area contributed by atoms with Crippen LogP contribution in [-0.2, 0) is 10.8 Å². The number of rotatable bonds is 5. The minimum absolute atomic E-state index is 0.520. The van der Waals surface area contributed by atoms with Crippen molar-refractivity contribution in [3.8, 4) is 33.8 Å². The van der Waals surface area contributed by atoms with Crippen LogP contribution < -0.4 is 9.64 Å². The van der Waals surface area contributed by atoms with E-state index in [1.165, 1.54) is 178 Å². The molecule has 10 aromatic carbocycles. The van der Waals surface area contributed by atoms with Gasteiger partial charge >= 0.3 is 0 Å². The van der Waals surface area contributed by atoms with Crippen molar-refractivity contribution in [3.63, 3.8) is 0 Å². The van der Waals surface area contributed by atoms with Gasteiger partial charge in [0.05, 0.1) is 16.5 Å². The fourth-order valence-electron chi connectivity index (χ4n) is 15.8. The van der Waals surface area contributed by atoms with E-state index in [9.17, 15) is 0 Å². The molecular formula is C74H57NOS2. The van der Waals surface area contributed by atoms with Crippen molar-refractivity contribution in [2.45, 2.75) is 96.7 Å². The molecule has 4 aliphatic carbocycles. The van der Waals surface area contributed by atoms with Crippen molar-refractivity contribution in [1.82, 2.24) is 0 Å². The maximum atomic E-state index is 7.27. The Morgan fingerprint density at radius 3 is 1.56 bits per heavy atom. The van der Waals surface area contributed by atoms with Gasteiger partial charge in [-0.3, -0.25) is 0 Å². The summed E-state index contributed by atoms with van der Waals surface area (Å²) >= 11 is 3.79. The molecule has 0 atom stereocenters. The number of hydrogen-bond donors (Lipinski definition) is 0. The van der Waals surface area contributed by atoms with Crippen molar-refractivity contribution < 1.29 is 4.74 Å². The van der Waals surface area contributed by atoms with Gasteiger partial charge in [-0.2, -0.15) is 0 Å². The van der Waals surface area contributed by atoms with Gasteiger partial charge in [0, 0.05) is 52.5 Å². The second-order valence-electron chi connectivity index (χ2n) is 23.0. The molecular weight excluding hydrogens is 983 g/mol. The van der Waals surface area contributed by atoms with Gasteiger partial charge in [0.2, 0.25) is 0 Å². The fourth-order valence-corrected chi connectivity index (χ4v) is 18.2. The number of anilines is 3. The third-order valence-electron chi connectivity index (χ3n) is 19.2. The highest BCUT2D eigenvalue weighted by molar-refractivity contribution is 7.99. The second-order valence-corrected chi connectivity index (χ2v) is 25.2. The molecule has 78 heavy (non-hydrogen) atoms. The lowest BCUT2D eigenvalue weighted by Crippen LogP contribution is -2.33. The van der Waals surface area contributed by atoms with E-state index in [-0.39, 0.29) is 0 Å². The summed E-state index contributed by atoms with van der Waals surface area (Å²) in [6.45, 7) is 0. The zero-order chi connectivity index (χ0) is 51.1. The first-order valence-electron chi connectivity index (χ1n) is 28.7. The van der Waals surface area contributed by atoms with Gasteiger partial charge in [-0.15, -0.1) is 11.3 Å². The Morgan fingerprint density at radius 2 is 0.872 bits per heavy atom. The van der Waals surface area contributed by atoms with E-state index in [0.717, 1.165) is 22.9 Å². The summed E-state index contributed by atoms with van der Waals surface area (Å²) < 4.78 is 9.85. The van der Waals surface area contributed by atoms with Crippen LogP contribution in [0.2, 0.25) is 0 Å². The normalized spacial score (nSPS) is 17.1. The van der Waals surface area contributed by atoms with E-state index >= 15 is 0 Å². The maximum Gasteiger partial charge on any atom is 0.132 e. The highest BCUT2D eigenvalue weighted by atomic mass is 32.2. The minimum Gasteiger partial charge on any atom is -0.457 e. The largest absolute Gasteiger partial charge is 0.457 e. The lowest BCUT2D eigenvalue weighted by atomic mass is 9.65. The van der Waals surface area contributed by atoms with Crippen molar-refractivity contribution >= 4 is 60.3 Å². The Balaban J connectivity index is 0.956. The summed E-state index contributed by atoms with van der Waals surface area (Å²) in [5.74, 6) is 3.01. The summed E-state index contributed by atoms with van der Waals surface area (Å²) in [4.78, 5) is 5.23. The van der Waals surface area contributed by atoms with E-state index in [1.54, 1.807) is 0 Å². The van der Waals surface area contributed by atoms with Gasteiger partial charge in [-0.25, -0.2) is 0 Å². The molecule has 2 nitrogen and oxygen atoms in total. The molecule has 3 heterocycles. The molecule has 0 N–H and O–H groups in total. The highest BCUT2D eigenvalue weighted by Crippen LogP contribution is 2.66. The Labute approximate surface area is 465 Å². The van der Waals surface area contributed by atoms with Crippen LogP contribution in [-0.4, -0.2) is 0 Å². The number of thiophene rings is 1. The van der Waals surface area contributed by atoms with E-state index in [1.807, 2.05) is 23.1 Å². The van der Waals surface area contributed by atoms with E-state index in [4.69, 9.17) is 4.74 Å². The molecule has 0 saturated heterocycles. The quantitative estimate of drug-likeness (QED) is 0.170. The monoisotopic (exact) mass is 1040 g/mol. The molecule has 2 saturated carbocycles. The van der Waals surface area contributed by atoms with Crippen molar-refractivity contribution in [1.29, 1.82) is 0 Å². The molecule has 0 amide bonds. The topological polar surface area (TPSA) is 12.5 Å². The summed E-state index contributed by atoms with van der Waals surface area (Å²) in [7, 11) is 0. The third-order valence-corrected chi connectivity index (χ3v) is 21.5. The van der Waals surface area contributed by atoms with Gasteiger partial charge in [0.15, 0.2) is 0 Å². The van der Waals surface area contributed by atoms with E-state index in [2.05, 4.69) is 217 Å². The second kappa shape index (κ2) is 17.4. The highest BCUT2D eigenvalue weighted by Gasteiger charge is 2.53. The zero-order valence-electron chi connectivity index (χ0n) is 43.6. The summed E-state index contributed by atoms with van der Waals surface area (Å²) in [5, 5.41) is 2.56. The van der Waals surface area contributed by atoms with Crippen molar-refractivity contribution in [3.05, 3.63) is 268 Å². The van der Waals surface area contributed by atoms with Gasteiger partial charge in [0.1, 0.15) is 11.5 Å². The van der Waals surface area contributed by atoms with Gasteiger partial charge in [0.25, 0.3) is 0 Å². The number of benzene rings is 10. The molecule has 376 valence electrons. The lowest BCUT2D eigenvalue weighted by molar-refractivity contribution is 0.433. The van der Waals surface area contributed by atoms with Crippen LogP contribution in [0.4, 0.5) is 17.1 Å². The molecule has 4 heteroatoms. The minimum atomic E-state index is -0.621. The molecule has 6 aliphatic rings. The van der Waals surface area contributed by atoms with Crippen LogP contribution in [0.3, 0.4) is 0 Å². The van der Waals surface area contributed by atoms with Crippen LogP contribution in [0.25, 0.3) is 42.4 Å². The molecule has 17 rings (SSSR count). The predicted molar refractivity (Wildman–Crippen MR) is 324 cm³/mol. The number of ether oxygens (including phenoxy) is 1. The Kier molecular flexibility index (Phi) is 10.1. The summed E-state index contributed by atoms with van der Waals surface area (Å²) in [6.07, 6.45) is 12.9. The molecule has 0 bridgehead atoms. The fraction of sp³-hybridized carbons (Fsp3) is 0.189. The number of nitrogens with zero attached hydrogens (tertiary/aromatic N) is 1. The number of para-hydroxylation sites is 1. The number of hydrogen-bond acceptors (Lipinski definition) is 4. The average Bonchev–Trinajstić information content (AvgIpc) is 4.31. The van der Waals surface area contributed by atoms with Crippen LogP contribution in [0.1, 0.15) is 132 Å². The number of fused-ring (bicyclic) bond motifs is 21. The van der Waals surface area contributed by atoms with E-state index in [0.29, 0.717) is 11.8 Å². The zero-order valence-corrected chi connectivity index (χ0v) is 45.2. The van der Waals surface area contributed by atoms with Crippen LogP contribution in [0.5, 0.6) is 11.5 Å². The molecule has 2 spiro atoms. The summed E-state index contributed by atoms with van der Waals surface area (Å²) in [6, 6.07) is 82.5. The SMILES string of the molecule is c1ccc2c(c1)Oc1ccc(N(c3ccc4c(c3)C3(c5ccccc5Sc5ccccc53)c3ccccc3-4)c3cccc4sc5ccccc5c34)cc1C21c2cc(C3CCCCC3)ccc2-c2ccc(C3CCCCC3)cc21. The summed E-state index contributed by atoms with van der Waals surface area (Å²) in [5.41, 5.74) is 21.2. The van der Waals surface area contributed by atoms with Crippen LogP contribution in [0, 0.1) is 0 Å². The Morgan fingerprint density at radius 1 is 0.372 bits per heavy atom. The van der Waals surface area contributed by atoms with Crippen LogP contribution >= 0.6 is 23.1 Å². The molecule has 2 aliphatic heterocycles. The molecule has 0 unspecified atom stereocenters. The Hall–Kier alpha value is -7.63.